The molecule has 2 N–H and O–H groups in total. The molecule has 2 nitrogen and oxygen atoms in total. The van der Waals surface area contributed by atoms with E-state index in [1.165, 1.54) is 5.57 Å². The fourth-order valence-corrected chi connectivity index (χ4v) is 6.68. The van der Waals surface area contributed by atoms with Crippen LogP contribution in [0, 0.1) is 28.6 Å². The number of aliphatic hydroxyl groups is 2. The molecule has 3 saturated carbocycles. The molecule has 0 aliphatic heterocycles. The summed E-state index contributed by atoms with van der Waals surface area (Å²) in [6.45, 7) is 4.44. The van der Waals surface area contributed by atoms with Gasteiger partial charge in [-0.25, -0.2) is 4.39 Å². The second-order valence-electron chi connectivity index (χ2n) is 8.90. The molecular weight excluding hydrogens is 279 g/mol. The molecule has 0 aromatic carbocycles. The van der Waals surface area contributed by atoms with E-state index in [-0.39, 0.29) is 16.9 Å². The average molecular weight is 308 g/mol. The molecule has 0 saturated heterocycles. The summed E-state index contributed by atoms with van der Waals surface area (Å²) in [5, 5.41) is 20.5. The molecule has 0 aromatic rings. The van der Waals surface area contributed by atoms with E-state index in [0.717, 1.165) is 38.5 Å². The maximum atomic E-state index is 14.2. The molecule has 4 rings (SSSR count). The summed E-state index contributed by atoms with van der Waals surface area (Å²) in [5.74, 6) is 1.33. The fraction of sp³-hybridized carbons (Fsp3) is 0.895. The molecule has 0 bridgehead atoms. The highest BCUT2D eigenvalue weighted by molar-refractivity contribution is 5.25. The molecular formula is C19H29FO2. The van der Waals surface area contributed by atoms with E-state index in [1.54, 1.807) is 0 Å². The highest BCUT2D eigenvalue weighted by Gasteiger charge is 2.61. The van der Waals surface area contributed by atoms with Crippen LogP contribution in [0.15, 0.2) is 11.6 Å². The summed E-state index contributed by atoms with van der Waals surface area (Å²) in [7, 11) is 0. The lowest BCUT2D eigenvalue weighted by Crippen LogP contribution is -2.51. The molecule has 3 heteroatoms. The van der Waals surface area contributed by atoms with Crippen molar-refractivity contribution in [2.24, 2.45) is 28.6 Å². The lowest BCUT2D eigenvalue weighted by atomic mass is 9.48. The molecule has 0 unspecified atom stereocenters. The Balaban J connectivity index is 1.69. The van der Waals surface area contributed by atoms with Gasteiger partial charge in [0.15, 0.2) is 0 Å². The first-order chi connectivity index (χ1) is 10.4. The van der Waals surface area contributed by atoms with E-state index in [1.807, 2.05) is 0 Å². The van der Waals surface area contributed by atoms with Crippen molar-refractivity contribution in [1.82, 2.24) is 0 Å². The summed E-state index contributed by atoms with van der Waals surface area (Å²) in [6, 6.07) is 0. The summed E-state index contributed by atoms with van der Waals surface area (Å²) in [6.07, 6.45) is 6.74. The lowest BCUT2D eigenvalue weighted by molar-refractivity contribution is -0.0805. The number of hydrogen-bond donors (Lipinski definition) is 2. The summed E-state index contributed by atoms with van der Waals surface area (Å²) in [5.41, 5.74) is 1.40. The Kier molecular flexibility index (Phi) is 3.30. The second kappa shape index (κ2) is 4.80. The van der Waals surface area contributed by atoms with E-state index in [0.29, 0.717) is 24.2 Å². The smallest absolute Gasteiger partial charge is 0.127 e. The minimum atomic E-state index is -1.05. The van der Waals surface area contributed by atoms with Crippen LogP contribution in [0.25, 0.3) is 0 Å². The number of aliphatic hydroxyl groups excluding tert-OH is 2. The Morgan fingerprint density at radius 1 is 1.18 bits per heavy atom. The van der Waals surface area contributed by atoms with E-state index < -0.39 is 12.3 Å². The molecule has 0 aromatic heterocycles. The molecule has 0 spiro atoms. The zero-order valence-corrected chi connectivity index (χ0v) is 13.8. The third kappa shape index (κ3) is 1.84. The van der Waals surface area contributed by atoms with Crippen LogP contribution >= 0.6 is 0 Å². The van der Waals surface area contributed by atoms with Crippen LogP contribution in [-0.4, -0.2) is 28.6 Å². The number of allylic oxidation sites excluding steroid dienone is 2. The Labute approximate surface area is 132 Å². The number of rotatable bonds is 0. The van der Waals surface area contributed by atoms with Crippen LogP contribution in [-0.2, 0) is 0 Å². The van der Waals surface area contributed by atoms with E-state index >= 15 is 0 Å². The minimum absolute atomic E-state index is 0.0985. The molecule has 4 aliphatic carbocycles. The summed E-state index contributed by atoms with van der Waals surface area (Å²) in [4.78, 5) is 0. The van der Waals surface area contributed by atoms with Crippen LogP contribution < -0.4 is 0 Å². The van der Waals surface area contributed by atoms with Crippen molar-refractivity contribution in [2.45, 2.75) is 77.2 Å². The van der Waals surface area contributed by atoms with Crippen LogP contribution in [0.3, 0.4) is 0 Å². The molecule has 0 heterocycles. The van der Waals surface area contributed by atoms with Crippen molar-refractivity contribution in [1.29, 1.82) is 0 Å². The molecule has 0 radical (unpaired) electrons. The van der Waals surface area contributed by atoms with Crippen LogP contribution in [0.2, 0.25) is 0 Å². The lowest BCUT2D eigenvalue weighted by Gasteiger charge is -2.57. The van der Waals surface area contributed by atoms with Gasteiger partial charge in [-0.05, 0) is 73.5 Å². The standard InChI is InChI=1S/C19H29FO2/c1-18-8-7-14-13(15(18)9-16(20)17(18)22)6-4-11-3-5-12(21)10-19(11,14)2/h4,12-17,21-22H,3,5-10H2,1-2H3/t12-,13-,14+,15+,16-,17+,18+,19+/m1/s1. The van der Waals surface area contributed by atoms with Crippen molar-refractivity contribution in [3.63, 3.8) is 0 Å². The zero-order valence-electron chi connectivity index (χ0n) is 13.8. The van der Waals surface area contributed by atoms with Gasteiger partial charge < -0.3 is 10.2 Å². The van der Waals surface area contributed by atoms with Gasteiger partial charge in [0.25, 0.3) is 0 Å². The van der Waals surface area contributed by atoms with Gasteiger partial charge in [0.1, 0.15) is 6.17 Å². The third-order valence-corrected chi connectivity index (χ3v) is 7.97. The summed E-state index contributed by atoms with van der Waals surface area (Å²) >= 11 is 0. The van der Waals surface area contributed by atoms with Crippen LogP contribution in [0.1, 0.15) is 58.8 Å². The van der Waals surface area contributed by atoms with Gasteiger partial charge in [0.05, 0.1) is 12.2 Å². The maximum absolute atomic E-state index is 14.2. The highest BCUT2D eigenvalue weighted by Crippen LogP contribution is 2.65. The molecule has 8 atom stereocenters. The summed E-state index contributed by atoms with van der Waals surface area (Å²) < 4.78 is 14.2. The van der Waals surface area contributed by atoms with Crippen molar-refractivity contribution in [3.8, 4) is 0 Å². The van der Waals surface area contributed by atoms with Crippen molar-refractivity contribution >= 4 is 0 Å². The minimum Gasteiger partial charge on any atom is -0.393 e. The Hall–Kier alpha value is -0.410. The van der Waals surface area contributed by atoms with E-state index in [2.05, 4.69) is 19.9 Å². The van der Waals surface area contributed by atoms with Gasteiger partial charge in [-0.1, -0.05) is 25.5 Å². The van der Waals surface area contributed by atoms with Crippen LogP contribution in [0.5, 0.6) is 0 Å². The van der Waals surface area contributed by atoms with E-state index in [9.17, 15) is 14.6 Å². The first kappa shape index (κ1) is 15.1. The van der Waals surface area contributed by atoms with Gasteiger partial charge in [0.2, 0.25) is 0 Å². The van der Waals surface area contributed by atoms with Gasteiger partial charge in [-0.15, -0.1) is 0 Å². The SMILES string of the molecule is C[C@]12CC[C@H]3[C@@H](CC=C4CC[C@@H](O)C[C@@]43C)[C@@H]1C[C@@H](F)[C@@H]2O. The molecule has 22 heavy (non-hydrogen) atoms. The van der Waals surface area contributed by atoms with Crippen molar-refractivity contribution < 1.29 is 14.6 Å². The monoisotopic (exact) mass is 308 g/mol. The average Bonchev–Trinajstić information content (AvgIpc) is 2.70. The number of halogens is 1. The molecule has 3 fully saturated rings. The normalized spacial score (nSPS) is 57.6. The predicted octanol–water partition coefficient (Wildman–Crippen LogP) is 3.62. The Bertz CT molecular complexity index is 504. The van der Waals surface area contributed by atoms with Gasteiger partial charge >= 0.3 is 0 Å². The first-order valence-electron chi connectivity index (χ1n) is 9.06. The zero-order chi connectivity index (χ0) is 15.7. The van der Waals surface area contributed by atoms with E-state index in [4.69, 9.17) is 0 Å². The van der Waals surface area contributed by atoms with Gasteiger partial charge in [-0.2, -0.15) is 0 Å². The number of hydrogen-bond acceptors (Lipinski definition) is 2. The fourth-order valence-electron chi connectivity index (χ4n) is 6.68. The molecule has 0 amide bonds. The van der Waals surface area contributed by atoms with Gasteiger partial charge in [-0.3, -0.25) is 0 Å². The quantitative estimate of drug-likeness (QED) is 0.671. The first-order valence-corrected chi connectivity index (χ1v) is 9.06. The predicted molar refractivity (Wildman–Crippen MR) is 84.0 cm³/mol. The maximum Gasteiger partial charge on any atom is 0.127 e. The second-order valence-corrected chi connectivity index (χ2v) is 8.90. The number of fused-ring (bicyclic) bond motifs is 5. The molecule has 124 valence electrons. The number of alkyl halides is 1. The highest BCUT2D eigenvalue weighted by atomic mass is 19.1. The largest absolute Gasteiger partial charge is 0.393 e. The van der Waals surface area contributed by atoms with Crippen LogP contribution in [0.4, 0.5) is 4.39 Å². The third-order valence-electron chi connectivity index (χ3n) is 7.97. The van der Waals surface area contributed by atoms with Gasteiger partial charge in [0, 0.05) is 0 Å². The molecule has 4 aliphatic rings. The Morgan fingerprint density at radius 2 is 1.95 bits per heavy atom. The topological polar surface area (TPSA) is 40.5 Å². The Morgan fingerprint density at radius 3 is 2.73 bits per heavy atom. The van der Waals surface area contributed by atoms with Crippen molar-refractivity contribution in [3.05, 3.63) is 11.6 Å². The van der Waals surface area contributed by atoms with Crippen molar-refractivity contribution in [2.75, 3.05) is 0 Å².